The van der Waals surface area contributed by atoms with Gasteiger partial charge in [-0.1, -0.05) is 15.9 Å². The van der Waals surface area contributed by atoms with E-state index in [9.17, 15) is 0 Å². The Kier molecular flexibility index (Phi) is 3.26. The first kappa shape index (κ1) is 12.0. The molecule has 96 valence electrons. The molecule has 1 aliphatic rings. The molecule has 18 heavy (non-hydrogen) atoms. The molecule has 0 atom stereocenters. The van der Waals surface area contributed by atoms with Crippen molar-refractivity contribution in [1.82, 2.24) is 9.55 Å². The highest BCUT2D eigenvalue weighted by atomic mass is 79.9. The van der Waals surface area contributed by atoms with Crippen molar-refractivity contribution in [2.75, 3.05) is 18.9 Å². The van der Waals surface area contributed by atoms with E-state index in [4.69, 9.17) is 10.5 Å². The van der Waals surface area contributed by atoms with Crippen molar-refractivity contribution in [3.05, 3.63) is 22.7 Å². The number of rotatable bonds is 2. The van der Waals surface area contributed by atoms with Crippen LogP contribution in [0.15, 0.2) is 22.7 Å². The monoisotopic (exact) mass is 309 g/mol. The summed E-state index contributed by atoms with van der Waals surface area (Å²) < 4.78 is 8.57. The van der Waals surface area contributed by atoms with Crippen LogP contribution in [0.3, 0.4) is 0 Å². The maximum absolute atomic E-state index is 6.03. The Morgan fingerprint density at radius 3 is 2.94 bits per heavy atom. The summed E-state index contributed by atoms with van der Waals surface area (Å²) in [4.78, 5) is 4.41. The number of hydrogen-bond donors (Lipinski definition) is 1. The van der Waals surface area contributed by atoms with Gasteiger partial charge in [-0.25, -0.2) is 4.98 Å². The van der Waals surface area contributed by atoms with E-state index in [2.05, 4.69) is 31.5 Å². The Bertz CT molecular complexity index is 561. The average molecular weight is 310 g/mol. The minimum Gasteiger partial charge on any atom is -0.381 e. The Morgan fingerprint density at radius 1 is 1.39 bits per heavy atom. The third-order valence-electron chi connectivity index (χ3n) is 3.52. The van der Waals surface area contributed by atoms with Crippen LogP contribution in [0, 0.1) is 5.92 Å². The summed E-state index contributed by atoms with van der Waals surface area (Å²) in [5.41, 5.74) is 8.09. The highest BCUT2D eigenvalue weighted by Gasteiger charge is 2.17. The maximum Gasteiger partial charge on any atom is 0.201 e. The predicted molar refractivity (Wildman–Crippen MR) is 75.4 cm³/mol. The van der Waals surface area contributed by atoms with E-state index in [0.717, 1.165) is 48.1 Å². The molecule has 4 nitrogen and oxygen atoms in total. The number of nitrogens with two attached hydrogens (primary N) is 1. The SMILES string of the molecule is Nc1nc2ccc(Br)cc2n1CC1CCOCC1. The van der Waals surface area contributed by atoms with Crippen molar-refractivity contribution in [1.29, 1.82) is 0 Å². The van der Waals surface area contributed by atoms with Crippen LogP contribution in [0.25, 0.3) is 11.0 Å². The number of aromatic nitrogens is 2. The van der Waals surface area contributed by atoms with Crippen LogP contribution in [-0.2, 0) is 11.3 Å². The Balaban J connectivity index is 1.94. The zero-order chi connectivity index (χ0) is 12.5. The molecule has 0 amide bonds. The molecule has 0 saturated carbocycles. The smallest absolute Gasteiger partial charge is 0.201 e. The van der Waals surface area contributed by atoms with Crippen LogP contribution in [0.2, 0.25) is 0 Å². The Hall–Kier alpha value is -1.07. The topological polar surface area (TPSA) is 53.1 Å². The van der Waals surface area contributed by atoms with Crippen LogP contribution in [0.5, 0.6) is 0 Å². The van der Waals surface area contributed by atoms with Gasteiger partial charge in [0.05, 0.1) is 11.0 Å². The number of fused-ring (bicyclic) bond motifs is 1. The van der Waals surface area contributed by atoms with Gasteiger partial charge in [0.15, 0.2) is 0 Å². The van der Waals surface area contributed by atoms with E-state index in [1.165, 1.54) is 0 Å². The number of nitrogens with zero attached hydrogens (tertiary/aromatic N) is 2. The Morgan fingerprint density at radius 2 is 2.17 bits per heavy atom. The van der Waals surface area contributed by atoms with Crippen molar-refractivity contribution in [2.24, 2.45) is 5.92 Å². The molecule has 5 heteroatoms. The van der Waals surface area contributed by atoms with Gasteiger partial charge in [0, 0.05) is 24.2 Å². The fourth-order valence-electron chi connectivity index (χ4n) is 2.49. The van der Waals surface area contributed by atoms with Crippen molar-refractivity contribution >= 4 is 32.9 Å². The van der Waals surface area contributed by atoms with E-state index >= 15 is 0 Å². The van der Waals surface area contributed by atoms with Crippen molar-refractivity contribution in [2.45, 2.75) is 19.4 Å². The molecule has 0 radical (unpaired) electrons. The van der Waals surface area contributed by atoms with Gasteiger partial charge >= 0.3 is 0 Å². The summed E-state index contributed by atoms with van der Waals surface area (Å²) in [5.74, 6) is 1.24. The second kappa shape index (κ2) is 4.90. The minimum atomic E-state index is 0.606. The molecule has 0 aliphatic carbocycles. The summed E-state index contributed by atoms with van der Waals surface area (Å²) in [7, 11) is 0. The fourth-order valence-corrected chi connectivity index (χ4v) is 2.84. The lowest BCUT2D eigenvalue weighted by molar-refractivity contribution is 0.0618. The first-order chi connectivity index (χ1) is 8.74. The summed E-state index contributed by atoms with van der Waals surface area (Å²) in [6.45, 7) is 2.66. The maximum atomic E-state index is 6.03. The zero-order valence-electron chi connectivity index (χ0n) is 10.1. The first-order valence-electron chi connectivity index (χ1n) is 6.23. The minimum absolute atomic E-state index is 0.606. The van der Waals surface area contributed by atoms with Gasteiger partial charge in [-0.05, 0) is 37.0 Å². The summed E-state index contributed by atoms with van der Waals surface area (Å²) >= 11 is 3.50. The number of imidazole rings is 1. The number of halogens is 1. The highest BCUT2D eigenvalue weighted by Crippen LogP contribution is 2.25. The molecule has 1 aliphatic heterocycles. The molecule has 1 fully saturated rings. The van der Waals surface area contributed by atoms with Gasteiger partial charge < -0.3 is 15.0 Å². The molecule has 1 saturated heterocycles. The van der Waals surface area contributed by atoms with Crippen LogP contribution in [0.1, 0.15) is 12.8 Å². The lowest BCUT2D eigenvalue weighted by Gasteiger charge is -2.23. The van der Waals surface area contributed by atoms with Crippen LogP contribution in [-0.4, -0.2) is 22.8 Å². The number of anilines is 1. The largest absolute Gasteiger partial charge is 0.381 e. The molecule has 0 unspecified atom stereocenters. The standard InChI is InChI=1S/C13H16BrN3O/c14-10-1-2-11-12(7-10)17(13(15)16-11)8-9-3-5-18-6-4-9/h1-2,7,9H,3-6,8H2,(H2,15,16). The van der Waals surface area contributed by atoms with E-state index < -0.39 is 0 Å². The van der Waals surface area contributed by atoms with E-state index in [-0.39, 0.29) is 0 Å². The molecule has 0 spiro atoms. The number of nitrogen functional groups attached to an aromatic ring is 1. The van der Waals surface area contributed by atoms with Crippen molar-refractivity contribution < 1.29 is 4.74 Å². The average Bonchev–Trinajstić information content (AvgIpc) is 2.67. The fraction of sp³-hybridized carbons (Fsp3) is 0.462. The summed E-state index contributed by atoms with van der Waals surface area (Å²) in [5, 5.41) is 0. The van der Waals surface area contributed by atoms with Crippen molar-refractivity contribution in [3.63, 3.8) is 0 Å². The molecule has 1 aromatic carbocycles. The predicted octanol–water partition coefficient (Wildman–Crippen LogP) is 2.81. The third kappa shape index (κ3) is 2.24. The van der Waals surface area contributed by atoms with Gasteiger partial charge in [-0.2, -0.15) is 0 Å². The third-order valence-corrected chi connectivity index (χ3v) is 4.01. The van der Waals surface area contributed by atoms with Gasteiger partial charge in [0.2, 0.25) is 5.95 Å². The lowest BCUT2D eigenvalue weighted by Crippen LogP contribution is -2.21. The molecule has 1 aromatic heterocycles. The molecular formula is C13H16BrN3O. The van der Waals surface area contributed by atoms with Gasteiger partial charge in [-0.3, -0.25) is 0 Å². The molecule has 2 aromatic rings. The number of ether oxygens (including phenoxy) is 1. The summed E-state index contributed by atoms with van der Waals surface area (Å²) in [6.07, 6.45) is 2.21. The molecule has 0 bridgehead atoms. The zero-order valence-corrected chi connectivity index (χ0v) is 11.7. The van der Waals surface area contributed by atoms with E-state index in [1.54, 1.807) is 0 Å². The normalized spacial score (nSPS) is 17.4. The van der Waals surface area contributed by atoms with Crippen LogP contribution < -0.4 is 5.73 Å². The van der Waals surface area contributed by atoms with Crippen LogP contribution in [0.4, 0.5) is 5.95 Å². The molecule has 2 N–H and O–H groups in total. The van der Waals surface area contributed by atoms with Gasteiger partial charge in [0.25, 0.3) is 0 Å². The Labute approximate surface area is 114 Å². The second-order valence-electron chi connectivity index (χ2n) is 4.77. The van der Waals surface area contributed by atoms with Crippen LogP contribution >= 0.6 is 15.9 Å². The second-order valence-corrected chi connectivity index (χ2v) is 5.69. The lowest BCUT2D eigenvalue weighted by atomic mass is 10.0. The molecular weight excluding hydrogens is 294 g/mol. The van der Waals surface area contributed by atoms with Gasteiger partial charge in [0.1, 0.15) is 0 Å². The molecule has 3 rings (SSSR count). The molecule has 2 heterocycles. The van der Waals surface area contributed by atoms with Gasteiger partial charge in [-0.15, -0.1) is 0 Å². The number of hydrogen-bond acceptors (Lipinski definition) is 3. The van der Waals surface area contributed by atoms with E-state index in [0.29, 0.717) is 11.9 Å². The number of benzene rings is 1. The first-order valence-corrected chi connectivity index (χ1v) is 7.02. The summed E-state index contributed by atoms with van der Waals surface area (Å²) in [6, 6.07) is 6.07. The quantitative estimate of drug-likeness (QED) is 0.928. The van der Waals surface area contributed by atoms with Crippen molar-refractivity contribution in [3.8, 4) is 0 Å². The van der Waals surface area contributed by atoms with E-state index in [1.807, 2.05) is 12.1 Å². The highest BCUT2D eigenvalue weighted by molar-refractivity contribution is 9.10.